The highest BCUT2D eigenvalue weighted by molar-refractivity contribution is 7.99. The minimum Gasteiger partial charge on any atom is -0.381 e. The van der Waals surface area contributed by atoms with E-state index in [1.807, 2.05) is 0 Å². The number of hydrogen-bond acceptors (Lipinski definition) is 5. The Kier molecular flexibility index (Phi) is 3.88. The first kappa shape index (κ1) is 13.7. The van der Waals surface area contributed by atoms with Crippen molar-refractivity contribution in [2.24, 2.45) is 7.05 Å². The summed E-state index contributed by atoms with van der Waals surface area (Å²) in [4.78, 5) is 0.118. The minimum atomic E-state index is -3.49. The van der Waals surface area contributed by atoms with Crippen molar-refractivity contribution in [3.63, 3.8) is 0 Å². The van der Waals surface area contributed by atoms with Gasteiger partial charge in [-0.05, 0) is 19.1 Å². The molecule has 1 aliphatic heterocycles. The Morgan fingerprint density at radius 2 is 2.06 bits per heavy atom. The molecule has 8 heteroatoms. The van der Waals surface area contributed by atoms with Gasteiger partial charge < -0.3 is 5.73 Å². The summed E-state index contributed by atoms with van der Waals surface area (Å²) >= 11 is 1.80. The van der Waals surface area contributed by atoms with Gasteiger partial charge in [-0.25, -0.2) is 8.42 Å². The number of piperidine rings is 1. The third-order valence-electron chi connectivity index (χ3n) is 3.17. The van der Waals surface area contributed by atoms with E-state index in [1.54, 1.807) is 18.8 Å². The predicted octanol–water partition coefficient (Wildman–Crippen LogP) is 0.518. The van der Waals surface area contributed by atoms with Crippen LogP contribution < -0.4 is 5.73 Å². The van der Waals surface area contributed by atoms with Gasteiger partial charge in [0.25, 0.3) is 0 Å². The molecule has 1 fully saturated rings. The quantitative estimate of drug-likeness (QED) is 0.877. The summed E-state index contributed by atoms with van der Waals surface area (Å²) in [7, 11) is -1.83. The largest absolute Gasteiger partial charge is 0.381 e. The number of anilines is 1. The van der Waals surface area contributed by atoms with Crippen LogP contribution in [0, 0.1) is 0 Å². The molecule has 2 N–H and O–H groups in total. The van der Waals surface area contributed by atoms with Crippen LogP contribution in [0.15, 0.2) is 11.1 Å². The first-order valence-electron chi connectivity index (χ1n) is 5.77. The summed E-state index contributed by atoms with van der Waals surface area (Å²) in [6.07, 6.45) is 5.31. The zero-order valence-corrected chi connectivity index (χ0v) is 12.2. The maximum atomic E-state index is 12.4. The standard InChI is InChI=1S/C10H18N4O2S2/c1-13-7-9(10(11)12-13)18(15,16)14-5-3-8(17-2)4-6-14/h7-8H,3-6H2,1-2H3,(H2,11,12). The Bertz CT molecular complexity index is 518. The number of thioether (sulfide) groups is 1. The number of nitrogen functional groups attached to an aromatic ring is 1. The summed E-state index contributed by atoms with van der Waals surface area (Å²) in [5, 5.41) is 4.45. The van der Waals surface area contributed by atoms with E-state index in [1.165, 1.54) is 15.2 Å². The summed E-state index contributed by atoms with van der Waals surface area (Å²) in [5.41, 5.74) is 5.65. The number of aryl methyl sites for hydroxylation is 1. The molecule has 6 nitrogen and oxygen atoms in total. The Labute approximate surface area is 112 Å². The van der Waals surface area contributed by atoms with Crippen molar-refractivity contribution >= 4 is 27.6 Å². The minimum absolute atomic E-state index is 0.0736. The van der Waals surface area contributed by atoms with Gasteiger partial charge in [-0.1, -0.05) is 0 Å². The molecule has 0 atom stereocenters. The molecule has 102 valence electrons. The highest BCUT2D eigenvalue weighted by atomic mass is 32.2. The molecule has 1 aromatic rings. The SMILES string of the molecule is CSC1CCN(S(=O)(=O)c2cn(C)nc2N)CC1. The lowest BCUT2D eigenvalue weighted by Crippen LogP contribution is -2.39. The lowest BCUT2D eigenvalue weighted by Gasteiger charge is -2.29. The van der Waals surface area contributed by atoms with Gasteiger partial charge in [-0.15, -0.1) is 0 Å². The number of nitrogens with two attached hydrogens (primary N) is 1. The molecule has 0 amide bonds. The van der Waals surface area contributed by atoms with Crippen LogP contribution >= 0.6 is 11.8 Å². The van der Waals surface area contributed by atoms with Gasteiger partial charge in [0, 0.05) is 31.6 Å². The van der Waals surface area contributed by atoms with Crippen molar-refractivity contribution in [3.8, 4) is 0 Å². The molecule has 1 aromatic heterocycles. The fourth-order valence-corrected chi connectivity index (χ4v) is 4.37. The number of rotatable bonds is 3. The van der Waals surface area contributed by atoms with Gasteiger partial charge >= 0.3 is 0 Å². The normalized spacial score (nSPS) is 19.2. The zero-order chi connectivity index (χ0) is 13.3. The Morgan fingerprint density at radius 3 is 2.50 bits per heavy atom. The molecule has 0 bridgehead atoms. The van der Waals surface area contributed by atoms with Crippen LogP contribution in [0.1, 0.15) is 12.8 Å². The molecule has 0 radical (unpaired) electrons. The van der Waals surface area contributed by atoms with E-state index in [-0.39, 0.29) is 10.7 Å². The molecule has 0 spiro atoms. The van der Waals surface area contributed by atoms with Crippen LogP contribution in [0.25, 0.3) is 0 Å². The van der Waals surface area contributed by atoms with Crippen molar-refractivity contribution in [1.29, 1.82) is 0 Å². The summed E-state index contributed by atoms with van der Waals surface area (Å²) in [6.45, 7) is 1.12. The molecule has 0 saturated carbocycles. The van der Waals surface area contributed by atoms with Crippen molar-refractivity contribution in [2.45, 2.75) is 23.0 Å². The molecule has 2 heterocycles. The van der Waals surface area contributed by atoms with Gasteiger partial charge in [0.15, 0.2) is 5.82 Å². The van der Waals surface area contributed by atoms with Crippen LogP contribution in [0.4, 0.5) is 5.82 Å². The van der Waals surface area contributed by atoms with Crippen molar-refractivity contribution < 1.29 is 8.42 Å². The Balaban J connectivity index is 2.20. The second-order valence-corrected chi connectivity index (χ2v) is 7.44. The van der Waals surface area contributed by atoms with Crippen LogP contribution in [0.2, 0.25) is 0 Å². The predicted molar refractivity (Wildman–Crippen MR) is 72.9 cm³/mol. The fourth-order valence-electron chi connectivity index (χ4n) is 2.13. The molecule has 1 saturated heterocycles. The molecule has 0 aliphatic carbocycles. The highest BCUT2D eigenvalue weighted by Gasteiger charge is 2.31. The van der Waals surface area contributed by atoms with Crippen LogP contribution in [0.5, 0.6) is 0 Å². The lowest BCUT2D eigenvalue weighted by atomic mass is 10.2. The van der Waals surface area contributed by atoms with Gasteiger partial charge in [0.2, 0.25) is 10.0 Å². The molecule has 2 rings (SSSR count). The van der Waals surface area contributed by atoms with E-state index >= 15 is 0 Å². The molecular formula is C10H18N4O2S2. The summed E-state index contributed by atoms with van der Waals surface area (Å²) < 4.78 is 27.7. The molecule has 0 unspecified atom stereocenters. The van der Waals surface area contributed by atoms with E-state index in [0.29, 0.717) is 18.3 Å². The average Bonchev–Trinajstić information content (AvgIpc) is 2.69. The van der Waals surface area contributed by atoms with Gasteiger partial charge in [0.05, 0.1) is 0 Å². The Morgan fingerprint density at radius 1 is 1.44 bits per heavy atom. The first-order chi connectivity index (χ1) is 8.45. The van der Waals surface area contributed by atoms with Gasteiger partial charge in [0.1, 0.15) is 4.90 Å². The monoisotopic (exact) mass is 290 g/mol. The van der Waals surface area contributed by atoms with E-state index in [2.05, 4.69) is 11.4 Å². The second kappa shape index (κ2) is 5.10. The maximum absolute atomic E-state index is 12.4. The fraction of sp³-hybridized carbons (Fsp3) is 0.700. The molecule has 0 aromatic carbocycles. The molecule has 1 aliphatic rings. The topological polar surface area (TPSA) is 81.2 Å². The number of aromatic nitrogens is 2. The number of nitrogens with zero attached hydrogens (tertiary/aromatic N) is 3. The van der Waals surface area contributed by atoms with Gasteiger partial charge in [-0.3, -0.25) is 4.68 Å². The average molecular weight is 290 g/mol. The molecule has 18 heavy (non-hydrogen) atoms. The number of sulfonamides is 1. The maximum Gasteiger partial charge on any atom is 0.248 e. The van der Waals surface area contributed by atoms with Crippen molar-refractivity contribution in [3.05, 3.63) is 6.20 Å². The van der Waals surface area contributed by atoms with Crippen molar-refractivity contribution in [2.75, 3.05) is 25.1 Å². The smallest absolute Gasteiger partial charge is 0.248 e. The van der Waals surface area contributed by atoms with Crippen LogP contribution in [-0.4, -0.2) is 47.1 Å². The van der Waals surface area contributed by atoms with Crippen LogP contribution in [-0.2, 0) is 17.1 Å². The van der Waals surface area contributed by atoms with E-state index < -0.39 is 10.0 Å². The van der Waals surface area contributed by atoms with E-state index in [0.717, 1.165) is 12.8 Å². The summed E-state index contributed by atoms with van der Waals surface area (Å²) in [5.74, 6) is 0.0736. The zero-order valence-electron chi connectivity index (χ0n) is 10.5. The third kappa shape index (κ3) is 2.50. The van der Waals surface area contributed by atoms with Crippen LogP contribution in [0.3, 0.4) is 0 Å². The van der Waals surface area contributed by atoms with Crippen molar-refractivity contribution in [1.82, 2.24) is 14.1 Å². The van der Waals surface area contributed by atoms with E-state index in [9.17, 15) is 8.42 Å². The van der Waals surface area contributed by atoms with E-state index in [4.69, 9.17) is 5.73 Å². The Hall–Kier alpha value is -0.730. The first-order valence-corrected chi connectivity index (χ1v) is 8.50. The number of hydrogen-bond donors (Lipinski definition) is 1. The second-order valence-electron chi connectivity index (χ2n) is 4.39. The third-order valence-corrected chi connectivity index (χ3v) is 6.23. The lowest BCUT2D eigenvalue weighted by molar-refractivity contribution is 0.353. The highest BCUT2D eigenvalue weighted by Crippen LogP contribution is 2.27. The molecular weight excluding hydrogens is 272 g/mol. The summed E-state index contributed by atoms with van der Waals surface area (Å²) in [6, 6.07) is 0. The van der Waals surface area contributed by atoms with Gasteiger partial charge in [-0.2, -0.15) is 21.2 Å².